The van der Waals surface area contributed by atoms with E-state index in [4.69, 9.17) is 9.47 Å². The van der Waals surface area contributed by atoms with Crippen LogP contribution in [0.4, 0.5) is 4.39 Å². The molecule has 31 heavy (non-hydrogen) atoms. The molecular formula is C24H31FO6. The smallest absolute Gasteiger partial charge is 0.193 e. The molecular weight excluding hydrogens is 403 g/mol. The van der Waals surface area contributed by atoms with Gasteiger partial charge in [-0.05, 0) is 62.7 Å². The van der Waals surface area contributed by atoms with Gasteiger partial charge in [0.2, 0.25) is 0 Å². The van der Waals surface area contributed by atoms with Crippen molar-refractivity contribution in [3.05, 3.63) is 23.8 Å². The minimum absolute atomic E-state index is 0.125. The Labute approximate surface area is 181 Å². The summed E-state index contributed by atoms with van der Waals surface area (Å²) in [7, 11) is 0. The van der Waals surface area contributed by atoms with Crippen LogP contribution in [-0.4, -0.2) is 58.2 Å². The molecule has 0 amide bonds. The second-order valence-electron chi connectivity index (χ2n) is 11.0. The summed E-state index contributed by atoms with van der Waals surface area (Å²) in [6.45, 7) is 6.65. The minimum atomic E-state index is -1.37. The number of rotatable bonds is 2. The van der Waals surface area contributed by atoms with E-state index in [1.54, 1.807) is 19.9 Å². The number of alkyl halides is 1. The molecule has 4 fully saturated rings. The molecule has 170 valence electrons. The van der Waals surface area contributed by atoms with E-state index in [1.807, 2.05) is 13.8 Å². The third-order valence-electron chi connectivity index (χ3n) is 9.03. The molecule has 0 aromatic rings. The molecule has 0 radical (unpaired) electrons. The van der Waals surface area contributed by atoms with Crippen LogP contribution in [0.5, 0.6) is 0 Å². The molecule has 2 N–H and O–H groups in total. The average Bonchev–Trinajstić information content (AvgIpc) is 3.08. The Hall–Kier alpha value is -1.41. The van der Waals surface area contributed by atoms with Crippen molar-refractivity contribution in [1.82, 2.24) is 0 Å². The maximum absolute atomic E-state index is 15.4. The standard InChI is InChI=1S/C24H31FO6/c1-21(2)30-19-9-14-13-8-16(25)15-7-12(27)5-6-22(15,3)20(13)17(28)10-23(14,4)24(19,31-21)18(29)11-26/h5-7,13-14,16-17,19-20,26,28H,8-11H2,1-4H3/t13?,14?,16?,17-,19?,20?,22-,23-,24+/m0/s1. The highest BCUT2D eigenvalue weighted by Gasteiger charge is 2.77. The number of hydrogen-bond donors (Lipinski definition) is 2. The van der Waals surface area contributed by atoms with Crippen LogP contribution in [0.2, 0.25) is 0 Å². The lowest BCUT2D eigenvalue weighted by atomic mass is 9.46. The Morgan fingerprint density at radius 3 is 2.65 bits per heavy atom. The minimum Gasteiger partial charge on any atom is -0.393 e. The summed E-state index contributed by atoms with van der Waals surface area (Å²) < 4.78 is 27.9. The highest BCUT2D eigenvalue weighted by Crippen LogP contribution is 2.70. The van der Waals surface area contributed by atoms with Crippen LogP contribution < -0.4 is 0 Å². The van der Waals surface area contributed by atoms with E-state index in [1.165, 1.54) is 12.2 Å². The van der Waals surface area contributed by atoms with E-state index in [-0.39, 0.29) is 36.4 Å². The zero-order valence-electron chi connectivity index (χ0n) is 18.4. The summed E-state index contributed by atoms with van der Waals surface area (Å²) in [6.07, 6.45) is 2.90. The van der Waals surface area contributed by atoms with Crippen LogP contribution in [0.3, 0.4) is 0 Å². The fourth-order valence-electron chi connectivity index (χ4n) is 8.05. The largest absolute Gasteiger partial charge is 0.393 e. The summed E-state index contributed by atoms with van der Waals surface area (Å²) in [5, 5.41) is 21.3. The lowest BCUT2D eigenvalue weighted by molar-refractivity contribution is -0.226. The Bertz CT molecular complexity index is 910. The third kappa shape index (κ3) is 2.52. The maximum Gasteiger partial charge on any atom is 0.193 e. The molecule has 4 aliphatic carbocycles. The monoisotopic (exact) mass is 434 g/mol. The van der Waals surface area contributed by atoms with E-state index in [0.717, 1.165) is 0 Å². The predicted octanol–water partition coefficient (Wildman–Crippen LogP) is 2.27. The van der Waals surface area contributed by atoms with Crippen LogP contribution in [0.25, 0.3) is 0 Å². The van der Waals surface area contributed by atoms with E-state index in [9.17, 15) is 19.8 Å². The van der Waals surface area contributed by atoms with Gasteiger partial charge in [-0.15, -0.1) is 0 Å². The molecule has 0 spiro atoms. The lowest BCUT2D eigenvalue weighted by Gasteiger charge is -2.60. The van der Waals surface area contributed by atoms with Gasteiger partial charge in [0.1, 0.15) is 12.8 Å². The first-order chi connectivity index (χ1) is 14.4. The first-order valence-electron chi connectivity index (χ1n) is 11.2. The number of ketones is 2. The number of aliphatic hydroxyl groups is 2. The summed E-state index contributed by atoms with van der Waals surface area (Å²) in [5.74, 6) is -2.28. The molecule has 1 saturated heterocycles. The average molecular weight is 435 g/mol. The zero-order chi connectivity index (χ0) is 22.6. The fraction of sp³-hybridized carbons (Fsp3) is 0.750. The molecule has 9 atom stereocenters. The molecule has 6 nitrogen and oxygen atoms in total. The van der Waals surface area contributed by atoms with Crippen molar-refractivity contribution in [2.75, 3.05) is 6.61 Å². The normalized spacial score (nSPS) is 52.1. The van der Waals surface area contributed by atoms with Crippen molar-refractivity contribution >= 4 is 11.6 Å². The number of carbonyl (C=O) groups is 2. The number of halogens is 1. The lowest BCUT2D eigenvalue weighted by Crippen LogP contribution is -2.64. The van der Waals surface area contributed by atoms with Crippen molar-refractivity contribution in [1.29, 1.82) is 0 Å². The molecule has 5 rings (SSSR count). The number of allylic oxidation sites excluding steroid dienone is 4. The Kier molecular flexibility index (Phi) is 4.38. The van der Waals surface area contributed by atoms with Crippen molar-refractivity contribution in [2.24, 2.45) is 28.6 Å². The second-order valence-corrected chi connectivity index (χ2v) is 11.0. The second kappa shape index (κ2) is 6.34. The molecule has 1 aliphatic heterocycles. The van der Waals surface area contributed by atoms with Crippen molar-refractivity contribution < 1.29 is 33.7 Å². The van der Waals surface area contributed by atoms with Gasteiger partial charge in [-0.1, -0.05) is 19.9 Å². The molecule has 1 heterocycles. The molecule has 5 aliphatic rings. The van der Waals surface area contributed by atoms with Crippen molar-refractivity contribution in [3.8, 4) is 0 Å². The molecule has 5 unspecified atom stereocenters. The van der Waals surface area contributed by atoms with Crippen LogP contribution in [0.1, 0.15) is 47.0 Å². The molecule has 0 aromatic carbocycles. The topological polar surface area (TPSA) is 93.1 Å². The zero-order valence-corrected chi connectivity index (χ0v) is 18.4. The number of aliphatic hydroxyl groups excluding tert-OH is 2. The van der Waals surface area contributed by atoms with Crippen LogP contribution in [0.15, 0.2) is 23.8 Å². The number of carbonyl (C=O) groups excluding carboxylic acids is 2. The van der Waals surface area contributed by atoms with Crippen LogP contribution in [0, 0.1) is 28.6 Å². The first kappa shape index (κ1) is 21.4. The van der Waals surface area contributed by atoms with Gasteiger partial charge < -0.3 is 19.7 Å². The highest BCUT2D eigenvalue weighted by molar-refractivity contribution is 6.01. The van der Waals surface area contributed by atoms with Crippen molar-refractivity contribution in [3.63, 3.8) is 0 Å². The number of fused-ring (bicyclic) bond motifs is 7. The van der Waals surface area contributed by atoms with Crippen LogP contribution >= 0.6 is 0 Å². The summed E-state index contributed by atoms with van der Waals surface area (Å²) in [6, 6.07) is 0. The van der Waals surface area contributed by atoms with Gasteiger partial charge in [0.25, 0.3) is 0 Å². The van der Waals surface area contributed by atoms with E-state index in [2.05, 4.69) is 0 Å². The summed E-state index contributed by atoms with van der Waals surface area (Å²) in [5.41, 5.74) is -2.50. The maximum atomic E-state index is 15.4. The van der Waals surface area contributed by atoms with E-state index >= 15 is 4.39 Å². The van der Waals surface area contributed by atoms with Gasteiger partial charge in [-0.3, -0.25) is 9.59 Å². The quantitative estimate of drug-likeness (QED) is 0.693. The number of hydrogen-bond acceptors (Lipinski definition) is 6. The van der Waals surface area contributed by atoms with Gasteiger partial charge in [-0.25, -0.2) is 4.39 Å². The van der Waals surface area contributed by atoms with Gasteiger partial charge >= 0.3 is 0 Å². The SMILES string of the molecule is CC1(C)OC2CC3C4CC(F)C5=CC(=O)C=C[C@]5(C)C4[C@@H](O)C[C@]3(C)[C@]2(C(=O)CO)O1. The van der Waals surface area contributed by atoms with Gasteiger partial charge in [0.15, 0.2) is 23.0 Å². The van der Waals surface area contributed by atoms with Crippen LogP contribution in [-0.2, 0) is 19.1 Å². The third-order valence-corrected chi connectivity index (χ3v) is 9.03. The Morgan fingerprint density at radius 1 is 1.26 bits per heavy atom. The Morgan fingerprint density at radius 2 is 1.97 bits per heavy atom. The predicted molar refractivity (Wildman–Crippen MR) is 109 cm³/mol. The number of Topliss-reactive ketones (excluding diaryl/α,β-unsaturated/α-hetero) is 1. The highest BCUT2D eigenvalue weighted by atomic mass is 19.1. The number of ether oxygens (including phenoxy) is 2. The van der Waals surface area contributed by atoms with Gasteiger partial charge in [0, 0.05) is 16.7 Å². The Balaban J connectivity index is 1.62. The fourth-order valence-corrected chi connectivity index (χ4v) is 8.05. The molecule has 7 heteroatoms. The van der Waals surface area contributed by atoms with E-state index < -0.39 is 53.0 Å². The van der Waals surface area contributed by atoms with Crippen molar-refractivity contribution in [2.45, 2.75) is 76.7 Å². The van der Waals surface area contributed by atoms with Gasteiger partial charge in [0.05, 0.1) is 12.2 Å². The molecule has 0 aromatic heterocycles. The summed E-state index contributed by atoms with van der Waals surface area (Å²) in [4.78, 5) is 25.1. The van der Waals surface area contributed by atoms with Gasteiger partial charge in [-0.2, -0.15) is 0 Å². The van der Waals surface area contributed by atoms with E-state index in [0.29, 0.717) is 12.0 Å². The first-order valence-corrected chi connectivity index (χ1v) is 11.2. The molecule has 3 saturated carbocycles. The molecule has 0 bridgehead atoms. The summed E-state index contributed by atoms with van der Waals surface area (Å²) >= 11 is 0.